The van der Waals surface area contributed by atoms with Crippen LogP contribution in [0.4, 0.5) is 0 Å². The van der Waals surface area contributed by atoms with E-state index in [0.29, 0.717) is 17.1 Å². The van der Waals surface area contributed by atoms with E-state index in [1.807, 2.05) is 36.7 Å². The van der Waals surface area contributed by atoms with Crippen LogP contribution in [0.2, 0.25) is 0 Å². The molecule has 0 radical (unpaired) electrons. The summed E-state index contributed by atoms with van der Waals surface area (Å²) in [4.78, 5) is 4.52. The summed E-state index contributed by atoms with van der Waals surface area (Å²) in [7, 11) is 5.16. The molecule has 1 unspecified atom stereocenters. The molecule has 0 amide bonds. The number of fused-ring (bicyclic) bond motifs is 1. The minimum absolute atomic E-state index is 0.646. The highest BCUT2D eigenvalue weighted by molar-refractivity contribution is 5.77. The van der Waals surface area contributed by atoms with Crippen molar-refractivity contribution in [3.8, 4) is 11.5 Å². The molecule has 0 aliphatic heterocycles. The minimum Gasteiger partial charge on any atom is -0.497 e. The number of imidazole rings is 1. The van der Waals surface area contributed by atoms with Crippen molar-refractivity contribution in [3.05, 3.63) is 53.3 Å². The maximum atomic E-state index is 10.7. The zero-order valence-electron chi connectivity index (χ0n) is 13.7. The van der Waals surface area contributed by atoms with Gasteiger partial charge in [-0.15, -0.1) is 0 Å². The molecule has 2 aromatic carbocycles. The molecule has 3 aromatic rings. The summed E-state index contributed by atoms with van der Waals surface area (Å²) in [5.74, 6) is 2.23. The molecule has 120 valence electrons. The summed E-state index contributed by atoms with van der Waals surface area (Å²) in [6, 6.07) is 11.2. The fraction of sp³-hybridized carbons (Fsp3) is 0.278. The molecule has 23 heavy (non-hydrogen) atoms. The average Bonchev–Trinajstić information content (AvgIpc) is 2.87. The minimum atomic E-state index is -0.772. The number of aryl methyl sites for hydroxylation is 2. The number of aliphatic hydroxyl groups excluding tert-OH is 1. The van der Waals surface area contributed by atoms with Gasteiger partial charge in [0.2, 0.25) is 0 Å². The van der Waals surface area contributed by atoms with Gasteiger partial charge in [0.15, 0.2) is 0 Å². The van der Waals surface area contributed by atoms with Crippen molar-refractivity contribution in [3.63, 3.8) is 0 Å². The first-order valence-corrected chi connectivity index (χ1v) is 7.37. The van der Waals surface area contributed by atoms with Crippen molar-refractivity contribution in [2.75, 3.05) is 14.2 Å². The van der Waals surface area contributed by atoms with Crippen LogP contribution < -0.4 is 9.47 Å². The van der Waals surface area contributed by atoms with E-state index in [-0.39, 0.29) is 0 Å². The number of methoxy groups -OCH3 is 2. The SMILES string of the molecule is COc1cc(OC)cc(C(O)c2ccc3c(c2)nc(C)n3C)c1. The monoisotopic (exact) mass is 312 g/mol. The number of hydrogen-bond donors (Lipinski definition) is 1. The molecule has 1 N–H and O–H groups in total. The van der Waals surface area contributed by atoms with Crippen molar-refractivity contribution >= 4 is 11.0 Å². The van der Waals surface area contributed by atoms with Crippen LogP contribution in [0.3, 0.4) is 0 Å². The quantitative estimate of drug-likeness (QED) is 0.804. The standard InChI is InChI=1S/C18H20N2O3/c1-11-19-16-9-12(5-6-17(16)20(11)2)18(21)13-7-14(22-3)10-15(8-13)23-4/h5-10,18,21H,1-4H3. The van der Waals surface area contributed by atoms with Gasteiger partial charge in [0, 0.05) is 13.1 Å². The summed E-state index contributed by atoms with van der Waals surface area (Å²) < 4.78 is 12.6. The number of benzene rings is 2. The summed E-state index contributed by atoms with van der Waals surface area (Å²) in [6.07, 6.45) is -0.772. The third kappa shape index (κ3) is 2.75. The fourth-order valence-electron chi connectivity index (χ4n) is 2.69. The van der Waals surface area contributed by atoms with E-state index in [1.54, 1.807) is 32.4 Å². The molecule has 3 rings (SSSR count). The topological polar surface area (TPSA) is 56.5 Å². The van der Waals surface area contributed by atoms with Crippen molar-refractivity contribution in [1.82, 2.24) is 9.55 Å². The number of aliphatic hydroxyl groups is 1. The van der Waals surface area contributed by atoms with Crippen molar-refractivity contribution < 1.29 is 14.6 Å². The van der Waals surface area contributed by atoms with E-state index < -0.39 is 6.10 Å². The summed E-state index contributed by atoms with van der Waals surface area (Å²) >= 11 is 0. The van der Waals surface area contributed by atoms with E-state index in [2.05, 4.69) is 4.98 Å². The van der Waals surface area contributed by atoms with Gasteiger partial charge < -0.3 is 19.1 Å². The lowest BCUT2D eigenvalue weighted by Crippen LogP contribution is -2.01. The lowest BCUT2D eigenvalue weighted by atomic mass is 10.0. The Bertz CT molecular complexity index is 833. The first kappa shape index (κ1) is 15.4. The average molecular weight is 312 g/mol. The molecule has 0 spiro atoms. The molecule has 0 saturated heterocycles. The zero-order chi connectivity index (χ0) is 16.6. The molecule has 0 aliphatic rings. The van der Waals surface area contributed by atoms with Gasteiger partial charge in [-0.2, -0.15) is 0 Å². The molecule has 1 aromatic heterocycles. The van der Waals surface area contributed by atoms with Gasteiger partial charge in [0.1, 0.15) is 23.4 Å². The van der Waals surface area contributed by atoms with Crippen LogP contribution in [-0.2, 0) is 7.05 Å². The molecular weight excluding hydrogens is 292 g/mol. The highest BCUT2D eigenvalue weighted by Crippen LogP contribution is 2.31. The van der Waals surface area contributed by atoms with Gasteiger partial charge in [0.25, 0.3) is 0 Å². The second kappa shape index (κ2) is 5.93. The maximum Gasteiger partial charge on any atom is 0.122 e. The Morgan fingerprint density at radius 1 is 1.00 bits per heavy atom. The van der Waals surface area contributed by atoms with E-state index in [1.165, 1.54) is 0 Å². The molecule has 1 atom stereocenters. The van der Waals surface area contributed by atoms with E-state index in [9.17, 15) is 5.11 Å². The third-order valence-corrected chi connectivity index (χ3v) is 4.13. The molecule has 0 aliphatic carbocycles. The Morgan fingerprint density at radius 2 is 1.65 bits per heavy atom. The Hall–Kier alpha value is -2.53. The predicted octanol–water partition coefficient (Wildman–Crippen LogP) is 2.98. The van der Waals surface area contributed by atoms with Gasteiger partial charge in [0.05, 0.1) is 25.3 Å². The van der Waals surface area contributed by atoms with Crippen LogP contribution in [0, 0.1) is 6.92 Å². The molecule has 0 bridgehead atoms. The first-order valence-electron chi connectivity index (χ1n) is 7.37. The van der Waals surface area contributed by atoms with E-state index >= 15 is 0 Å². The van der Waals surface area contributed by atoms with Crippen LogP contribution in [0.1, 0.15) is 23.1 Å². The maximum absolute atomic E-state index is 10.7. The lowest BCUT2D eigenvalue weighted by Gasteiger charge is -2.14. The summed E-state index contributed by atoms with van der Waals surface area (Å²) in [5, 5.41) is 10.7. The van der Waals surface area contributed by atoms with Crippen LogP contribution in [0.5, 0.6) is 11.5 Å². The molecule has 0 saturated carbocycles. The number of aromatic nitrogens is 2. The molecule has 1 heterocycles. The van der Waals surface area contributed by atoms with Gasteiger partial charge in [-0.1, -0.05) is 6.07 Å². The normalized spacial score (nSPS) is 12.4. The highest BCUT2D eigenvalue weighted by Gasteiger charge is 2.15. The number of rotatable bonds is 4. The van der Waals surface area contributed by atoms with Crippen molar-refractivity contribution in [1.29, 1.82) is 0 Å². The number of nitrogens with zero attached hydrogens (tertiary/aromatic N) is 2. The van der Waals surface area contributed by atoms with Crippen LogP contribution >= 0.6 is 0 Å². The largest absolute Gasteiger partial charge is 0.497 e. The van der Waals surface area contributed by atoms with Gasteiger partial charge >= 0.3 is 0 Å². The Balaban J connectivity index is 2.04. The molecular formula is C18H20N2O3. The predicted molar refractivity (Wildman–Crippen MR) is 89.1 cm³/mol. The van der Waals surface area contributed by atoms with Gasteiger partial charge in [-0.3, -0.25) is 0 Å². The Morgan fingerprint density at radius 3 is 2.26 bits per heavy atom. The van der Waals surface area contributed by atoms with Crippen molar-refractivity contribution in [2.45, 2.75) is 13.0 Å². The second-order valence-corrected chi connectivity index (χ2v) is 5.51. The second-order valence-electron chi connectivity index (χ2n) is 5.51. The number of ether oxygens (including phenoxy) is 2. The molecule has 5 heteroatoms. The summed E-state index contributed by atoms with van der Waals surface area (Å²) in [6.45, 7) is 1.96. The Kier molecular flexibility index (Phi) is 3.96. The van der Waals surface area contributed by atoms with Crippen LogP contribution in [-0.4, -0.2) is 28.9 Å². The van der Waals surface area contributed by atoms with Crippen molar-refractivity contribution in [2.24, 2.45) is 7.05 Å². The van der Waals surface area contributed by atoms with Crippen LogP contribution in [0.15, 0.2) is 36.4 Å². The smallest absolute Gasteiger partial charge is 0.122 e. The molecule has 0 fully saturated rings. The van der Waals surface area contributed by atoms with E-state index in [4.69, 9.17) is 9.47 Å². The third-order valence-electron chi connectivity index (χ3n) is 4.13. The van der Waals surface area contributed by atoms with Gasteiger partial charge in [-0.05, 0) is 42.3 Å². The lowest BCUT2D eigenvalue weighted by molar-refractivity contribution is 0.219. The van der Waals surface area contributed by atoms with Crippen LogP contribution in [0.25, 0.3) is 11.0 Å². The molecule has 5 nitrogen and oxygen atoms in total. The number of hydrogen-bond acceptors (Lipinski definition) is 4. The Labute approximate surface area is 135 Å². The fourth-order valence-corrected chi connectivity index (χ4v) is 2.69. The van der Waals surface area contributed by atoms with Gasteiger partial charge in [-0.25, -0.2) is 4.98 Å². The summed E-state index contributed by atoms with van der Waals surface area (Å²) in [5.41, 5.74) is 3.41. The zero-order valence-corrected chi connectivity index (χ0v) is 13.7. The van der Waals surface area contributed by atoms with E-state index in [0.717, 1.165) is 22.4 Å². The highest BCUT2D eigenvalue weighted by atomic mass is 16.5. The first-order chi connectivity index (χ1) is 11.0.